The molecule has 0 heterocycles. The first-order valence-corrected chi connectivity index (χ1v) is 7.34. The fourth-order valence-electron chi connectivity index (χ4n) is 1.72. The number of hydrogen-bond acceptors (Lipinski definition) is 5. The van der Waals surface area contributed by atoms with Crippen LogP contribution in [0.2, 0.25) is 5.02 Å². The van der Waals surface area contributed by atoms with E-state index in [1.165, 1.54) is 25.3 Å². The van der Waals surface area contributed by atoms with Crippen molar-refractivity contribution in [1.29, 1.82) is 0 Å². The summed E-state index contributed by atoms with van der Waals surface area (Å²) in [6.45, 7) is 1.19. The summed E-state index contributed by atoms with van der Waals surface area (Å²) < 4.78 is 4.59. The third-order valence-corrected chi connectivity index (χ3v) is 3.24. The third kappa shape index (κ3) is 6.25. The predicted molar refractivity (Wildman–Crippen MR) is 87.6 cm³/mol. The van der Waals surface area contributed by atoms with E-state index in [2.05, 4.69) is 15.4 Å². The van der Waals surface area contributed by atoms with Gasteiger partial charge in [-0.3, -0.25) is 9.59 Å². The van der Waals surface area contributed by atoms with Crippen LogP contribution in [0.25, 0.3) is 0 Å². The molecule has 0 atom stereocenters. The van der Waals surface area contributed by atoms with Crippen LogP contribution in [0.3, 0.4) is 0 Å². The second kappa shape index (κ2) is 9.12. The van der Waals surface area contributed by atoms with Gasteiger partial charge >= 0.3 is 17.8 Å². The Labute approximate surface area is 139 Å². The summed E-state index contributed by atoms with van der Waals surface area (Å²) in [5.41, 5.74) is 0.390. The Balaban J connectivity index is 2.62. The van der Waals surface area contributed by atoms with E-state index in [9.17, 15) is 14.4 Å². The lowest BCUT2D eigenvalue weighted by Crippen LogP contribution is -2.36. The molecule has 0 spiro atoms. The van der Waals surface area contributed by atoms with Crippen molar-refractivity contribution < 1.29 is 19.1 Å². The smallest absolute Gasteiger partial charge is 0.337 e. The highest BCUT2D eigenvalue weighted by Gasteiger charge is 2.16. The van der Waals surface area contributed by atoms with Crippen LogP contribution in [0.4, 0.5) is 5.69 Å². The minimum atomic E-state index is -0.848. The number of halogens is 1. The first-order chi connectivity index (χ1) is 10.8. The monoisotopic (exact) mass is 341 g/mol. The van der Waals surface area contributed by atoms with Gasteiger partial charge in [-0.05, 0) is 45.3 Å². The molecule has 126 valence electrons. The highest BCUT2D eigenvalue weighted by molar-refractivity contribution is 6.41. The number of rotatable bonds is 6. The molecule has 0 radical (unpaired) electrons. The average Bonchev–Trinajstić information content (AvgIpc) is 2.52. The second-order valence-electron chi connectivity index (χ2n) is 5.05. The molecule has 1 rings (SSSR count). The molecule has 0 saturated heterocycles. The van der Waals surface area contributed by atoms with E-state index in [4.69, 9.17) is 11.6 Å². The van der Waals surface area contributed by atoms with Crippen LogP contribution in [0.1, 0.15) is 16.8 Å². The van der Waals surface area contributed by atoms with Crippen molar-refractivity contribution in [2.45, 2.75) is 6.42 Å². The predicted octanol–water partition coefficient (Wildman–Crippen LogP) is 1.13. The largest absolute Gasteiger partial charge is 0.465 e. The number of benzene rings is 1. The molecule has 1 aromatic rings. The van der Waals surface area contributed by atoms with Gasteiger partial charge in [0.15, 0.2) is 0 Å². The summed E-state index contributed by atoms with van der Waals surface area (Å²) in [7, 11) is 5.09. The van der Waals surface area contributed by atoms with E-state index in [1.807, 2.05) is 19.0 Å². The maximum Gasteiger partial charge on any atom is 0.337 e. The topological polar surface area (TPSA) is 87.7 Å². The summed E-state index contributed by atoms with van der Waals surface area (Å²) in [5.74, 6) is -2.17. The van der Waals surface area contributed by atoms with Crippen LogP contribution < -0.4 is 10.6 Å². The molecule has 0 fully saturated rings. The van der Waals surface area contributed by atoms with Crippen LogP contribution in [-0.4, -0.2) is 57.0 Å². The SMILES string of the molecule is COC(=O)c1ccc(Cl)c(NC(=O)C(=O)NCCCN(C)C)c1. The minimum absolute atomic E-state index is 0.169. The molecule has 1 aromatic carbocycles. The van der Waals surface area contributed by atoms with Gasteiger partial charge in [0.05, 0.1) is 23.4 Å². The van der Waals surface area contributed by atoms with Crippen molar-refractivity contribution >= 4 is 35.1 Å². The van der Waals surface area contributed by atoms with E-state index < -0.39 is 17.8 Å². The molecule has 0 aliphatic carbocycles. The molecule has 0 aliphatic rings. The molecule has 0 aliphatic heterocycles. The van der Waals surface area contributed by atoms with Crippen molar-refractivity contribution in [1.82, 2.24) is 10.2 Å². The van der Waals surface area contributed by atoms with Gasteiger partial charge in [0.2, 0.25) is 0 Å². The molecule has 0 bridgehead atoms. The number of esters is 1. The highest BCUT2D eigenvalue weighted by Crippen LogP contribution is 2.23. The standard InChI is InChI=1S/C15H20ClN3O4/c1-19(2)8-4-7-17-13(20)14(21)18-12-9-10(15(22)23-3)5-6-11(12)16/h5-6,9H,4,7-8H2,1-3H3,(H,17,20)(H,18,21). The number of carbonyl (C=O) groups is 3. The van der Waals surface area contributed by atoms with Gasteiger partial charge in [0, 0.05) is 6.54 Å². The maximum absolute atomic E-state index is 11.8. The van der Waals surface area contributed by atoms with E-state index >= 15 is 0 Å². The van der Waals surface area contributed by atoms with Gasteiger partial charge in [-0.1, -0.05) is 11.6 Å². The normalized spacial score (nSPS) is 10.3. The quantitative estimate of drug-likeness (QED) is 0.460. The maximum atomic E-state index is 11.8. The summed E-state index contributed by atoms with van der Waals surface area (Å²) >= 11 is 5.95. The summed E-state index contributed by atoms with van der Waals surface area (Å²) in [5, 5.41) is 5.11. The first-order valence-electron chi connectivity index (χ1n) is 6.97. The Kier molecular flexibility index (Phi) is 7.50. The number of nitrogens with one attached hydrogen (secondary N) is 2. The Bertz CT molecular complexity index is 590. The Morgan fingerprint density at radius 1 is 1.22 bits per heavy atom. The molecular formula is C15H20ClN3O4. The van der Waals surface area contributed by atoms with Gasteiger partial charge in [-0.15, -0.1) is 0 Å². The van der Waals surface area contributed by atoms with E-state index in [0.29, 0.717) is 6.54 Å². The van der Waals surface area contributed by atoms with Gasteiger partial charge in [-0.25, -0.2) is 4.79 Å². The number of amides is 2. The van der Waals surface area contributed by atoms with Crippen molar-refractivity contribution in [3.05, 3.63) is 28.8 Å². The van der Waals surface area contributed by atoms with Crippen LogP contribution in [0.5, 0.6) is 0 Å². The number of anilines is 1. The number of carbonyl (C=O) groups excluding carboxylic acids is 3. The summed E-state index contributed by atoms with van der Waals surface area (Å²) in [6.07, 6.45) is 0.727. The number of hydrogen-bond donors (Lipinski definition) is 2. The summed E-state index contributed by atoms with van der Waals surface area (Å²) in [4.78, 5) is 37.0. The van der Waals surface area contributed by atoms with Crippen LogP contribution in [0.15, 0.2) is 18.2 Å². The Morgan fingerprint density at radius 3 is 2.52 bits per heavy atom. The van der Waals surface area contributed by atoms with E-state index in [-0.39, 0.29) is 16.3 Å². The van der Waals surface area contributed by atoms with Crippen LogP contribution >= 0.6 is 11.6 Å². The molecule has 8 heteroatoms. The fraction of sp³-hybridized carbons (Fsp3) is 0.400. The highest BCUT2D eigenvalue weighted by atomic mass is 35.5. The number of methoxy groups -OCH3 is 1. The van der Waals surface area contributed by atoms with Gasteiger partial charge in [-0.2, -0.15) is 0 Å². The average molecular weight is 342 g/mol. The van der Waals surface area contributed by atoms with Crippen molar-refractivity contribution in [3.8, 4) is 0 Å². The molecule has 0 aromatic heterocycles. The molecule has 2 amide bonds. The lowest BCUT2D eigenvalue weighted by molar-refractivity contribution is -0.136. The molecule has 2 N–H and O–H groups in total. The zero-order valence-electron chi connectivity index (χ0n) is 13.3. The number of ether oxygens (including phenoxy) is 1. The zero-order chi connectivity index (χ0) is 17.4. The summed E-state index contributed by atoms with van der Waals surface area (Å²) in [6, 6.07) is 4.26. The molecule has 7 nitrogen and oxygen atoms in total. The lowest BCUT2D eigenvalue weighted by Gasteiger charge is -2.11. The molecule has 0 saturated carbocycles. The molecular weight excluding hydrogens is 322 g/mol. The molecule has 0 unspecified atom stereocenters. The number of nitrogens with zero attached hydrogens (tertiary/aromatic N) is 1. The van der Waals surface area contributed by atoms with E-state index in [0.717, 1.165) is 13.0 Å². The Morgan fingerprint density at radius 2 is 1.91 bits per heavy atom. The minimum Gasteiger partial charge on any atom is -0.465 e. The van der Waals surface area contributed by atoms with Crippen molar-refractivity contribution in [2.24, 2.45) is 0 Å². The van der Waals surface area contributed by atoms with Crippen LogP contribution in [-0.2, 0) is 14.3 Å². The van der Waals surface area contributed by atoms with Crippen LogP contribution in [0, 0.1) is 0 Å². The third-order valence-electron chi connectivity index (χ3n) is 2.91. The van der Waals surface area contributed by atoms with E-state index in [1.54, 1.807) is 0 Å². The Hall–Kier alpha value is -2.12. The van der Waals surface area contributed by atoms with Gasteiger partial charge in [0.25, 0.3) is 0 Å². The first kappa shape index (κ1) is 18.9. The zero-order valence-corrected chi connectivity index (χ0v) is 14.1. The van der Waals surface area contributed by atoms with Gasteiger partial charge in [0.1, 0.15) is 0 Å². The second-order valence-corrected chi connectivity index (χ2v) is 5.46. The van der Waals surface area contributed by atoms with Crippen molar-refractivity contribution in [2.75, 3.05) is 39.6 Å². The van der Waals surface area contributed by atoms with Crippen molar-refractivity contribution in [3.63, 3.8) is 0 Å². The fourth-order valence-corrected chi connectivity index (χ4v) is 1.89. The van der Waals surface area contributed by atoms with Gasteiger partial charge < -0.3 is 20.3 Å². The molecule has 23 heavy (non-hydrogen) atoms. The lowest BCUT2D eigenvalue weighted by atomic mass is 10.2.